The van der Waals surface area contributed by atoms with Gasteiger partial charge in [-0.3, -0.25) is 0 Å². The first kappa shape index (κ1) is 13.4. The predicted octanol–water partition coefficient (Wildman–Crippen LogP) is 2.66. The van der Waals surface area contributed by atoms with Crippen LogP contribution in [0.2, 0.25) is 4.82 Å². The third kappa shape index (κ3) is 2.65. The standard InChI is InChI=1S/C17H17O2Se/c1-19-16(18)12-15-17(13-8-4-2-5-9-13)20(15)14-10-6-3-7-11-14/h2-11,15,17H,12H2,1H3/q+1/t15-,17-,20?/m1/s1. The first-order valence-corrected chi connectivity index (χ1v) is 9.53. The molecule has 0 aromatic heterocycles. The summed E-state index contributed by atoms with van der Waals surface area (Å²) in [7, 11) is 1.47. The Bertz CT molecular complexity index is 537. The van der Waals surface area contributed by atoms with E-state index in [-0.39, 0.29) is 5.97 Å². The van der Waals surface area contributed by atoms with Crippen molar-refractivity contribution in [1.29, 1.82) is 0 Å². The van der Waals surface area contributed by atoms with Crippen molar-refractivity contribution < 1.29 is 9.53 Å². The van der Waals surface area contributed by atoms with Gasteiger partial charge in [0.1, 0.15) is 0 Å². The van der Waals surface area contributed by atoms with E-state index in [1.54, 1.807) is 0 Å². The maximum atomic E-state index is 11.6. The average Bonchev–Trinajstić information content (AvgIpc) is 3.22. The molecule has 0 saturated carbocycles. The van der Waals surface area contributed by atoms with Gasteiger partial charge in [0, 0.05) is 0 Å². The molecule has 3 heteroatoms. The molecule has 0 amide bonds. The van der Waals surface area contributed by atoms with Gasteiger partial charge in [-0.2, -0.15) is 0 Å². The fourth-order valence-corrected chi connectivity index (χ4v) is 8.74. The number of ether oxygens (including phenoxy) is 1. The third-order valence-electron chi connectivity index (χ3n) is 3.60. The molecule has 1 saturated heterocycles. The third-order valence-corrected chi connectivity index (χ3v) is 9.35. The fourth-order valence-electron chi connectivity index (χ4n) is 2.60. The number of benzene rings is 2. The minimum absolute atomic E-state index is 0.0851. The summed E-state index contributed by atoms with van der Waals surface area (Å²) in [5, 5.41) is 0. The minimum atomic E-state index is -0.953. The van der Waals surface area contributed by atoms with E-state index in [9.17, 15) is 4.79 Å². The zero-order valence-electron chi connectivity index (χ0n) is 11.4. The molecule has 3 atom stereocenters. The molecular formula is C17H17O2Se+. The van der Waals surface area contributed by atoms with Crippen LogP contribution in [0.5, 0.6) is 0 Å². The van der Waals surface area contributed by atoms with E-state index in [1.165, 1.54) is 17.1 Å². The second-order valence-corrected chi connectivity index (χ2v) is 9.72. The second kappa shape index (κ2) is 5.82. The Morgan fingerprint density at radius 3 is 2.25 bits per heavy atom. The van der Waals surface area contributed by atoms with Crippen LogP contribution >= 0.6 is 0 Å². The molecule has 20 heavy (non-hydrogen) atoms. The van der Waals surface area contributed by atoms with Crippen molar-refractivity contribution in [3.05, 3.63) is 66.2 Å². The number of rotatable bonds is 4. The fraction of sp³-hybridized carbons (Fsp3) is 0.235. The molecule has 1 aliphatic rings. The van der Waals surface area contributed by atoms with Crippen molar-refractivity contribution in [3.8, 4) is 0 Å². The summed E-state index contributed by atoms with van der Waals surface area (Å²) in [5.41, 5.74) is 1.37. The van der Waals surface area contributed by atoms with Crippen LogP contribution in [0.3, 0.4) is 0 Å². The van der Waals surface area contributed by atoms with Gasteiger partial charge in [0.05, 0.1) is 0 Å². The van der Waals surface area contributed by atoms with Gasteiger partial charge in [0.15, 0.2) is 0 Å². The summed E-state index contributed by atoms with van der Waals surface area (Å²) in [4.78, 5) is 12.6. The number of carbonyl (C=O) groups is 1. The molecule has 0 aliphatic carbocycles. The van der Waals surface area contributed by atoms with Gasteiger partial charge in [0.2, 0.25) is 0 Å². The van der Waals surface area contributed by atoms with Gasteiger partial charge < -0.3 is 0 Å². The molecule has 0 spiro atoms. The molecule has 1 heterocycles. The van der Waals surface area contributed by atoms with E-state index in [0.717, 1.165) is 0 Å². The Balaban J connectivity index is 1.85. The van der Waals surface area contributed by atoms with Crippen LogP contribution in [0.25, 0.3) is 0 Å². The van der Waals surface area contributed by atoms with Gasteiger partial charge in [-0.25, -0.2) is 0 Å². The monoisotopic (exact) mass is 333 g/mol. The van der Waals surface area contributed by atoms with Crippen molar-refractivity contribution in [1.82, 2.24) is 0 Å². The van der Waals surface area contributed by atoms with Gasteiger partial charge >= 0.3 is 123 Å². The Hall–Kier alpha value is -1.57. The Morgan fingerprint density at radius 1 is 1.05 bits per heavy atom. The quantitative estimate of drug-likeness (QED) is 0.636. The van der Waals surface area contributed by atoms with Crippen molar-refractivity contribution in [2.24, 2.45) is 0 Å². The molecule has 1 aliphatic heterocycles. The van der Waals surface area contributed by atoms with Crippen LogP contribution < -0.4 is 4.46 Å². The van der Waals surface area contributed by atoms with E-state index in [4.69, 9.17) is 4.74 Å². The van der Waals surface area contributed by atoms with E-state index in [0.29, 0.717) is 16.1 Å². The molecule has 2 aromatic carbocycles. The van der Waals surface area contributed by atoms with Crippen LogP contribution in [-0.4, -0.2) is 27.0 Å². The maximum absolute atomic E-state index is 11.6. The molecule has 102 valence electrons. The topological polar surface area (TPSA) is 26.3 Å². The molecule has 2 aromatic rings. The molecule has 2 nitrogen and oxygen atoms in total. The van der Waals surface area contributed by atoms with Crippen LogP contribution in [0.15, 0.2) is 60.7 Å². The van der Waals surface area contributed by atoms with E-state index in [2.05, 4.69) is 48.5 Å². The second-order valence-electron chi connectivity index (χ2n) is 4.83. The molecular weight excluding hydrogens is 315 g/mol. The number of carbonyl (C=O) groups excluding carboxylic acids is 1. The molecule has 3 rings (SSSR count). The summed E-state index contributed by atoms with van der Waals surface area (Å²) >= 11 is -0.953. The Labute approximate surface area is 123 Å². The molecule has 1 unspecified atom stereocenters. The number of esters is 1. The normalized spacial score (nSPS) is 24.1. The van der Waals surface area contributed by atoms with Crippen LogP contribution in [0.4, 0.5) is 0 Å². The van der Waals surface area contributed by atoms with Crippen LogP contribution in [-0.2, 0) is 9.53 Å². The summed E-state index contributed by atoms with van der Waals surface area (Å²) < 4.78 is 6.29. The SMILES string of the molecule is COC(=O)C[C@@H]1[C@@H](c2ccccc2)[Se+]1c1ccccc1. The Morgan fingerprint density at radius 2 is 1.65 bits per heavy atom. The van der Waals surface area contributed by atoms with E-state index in [1.807, 2.05) is 12.1 Å². The van der Waals surface area contributed by atoms with Crippen molar-refractivity contribution in [2.45, 2.75) is 16.1 Å². The summed E-state index contributed by atoms with van der Waals surface area (Å²) in [5.74, 6) is -0.0851. The van der Waals surface area contributed by atoms with Gasteiger partial charge in [-0.1, -0.05) is 0 Å². The van der Waals surface area contributed by atoms with Crippen molar-refractivity contribution in [2.75, 3.05) is 7.11 Å². The zero-order chi connectivity index (χ0) is 13.9. The molecule has 0 radical (unpaired) electrons. The first-order valence-electron chi connectivity index (χ1n) is 6.70. The summed E-state index contributed by atoms with van der Waals surface area (Å²) in [6.45, 7) is 0. The molecule has 0 N–H and O–H groups in total. The molecule has 0 bridgehead atoms. The van der Waals surface area contributed by atoms with E-state index >= 15 is 0 Å². The summed E-state index contributed by atoms with van der Waals surface area (Å²) in [6.07, 6.45) is 0.551. The predicted molar refractivity (Wildman–Crippen MR) is 81.4 cm³/mol. The number of hydrogen-bond acceptors (Lipinski definition) is 2. The Kier molecular flexibility index (Phi) is 3.90. The van der Waals surface area contributed by atoms with Crippen molar-refractivity contribution >= 4 is 24.3 Å². The average molecular weight is 332 g/mol. The number of hydrogen-bond donors (Lipinski definition) is 0. The van der Waals surface area contributed by atoms with Gasteiger partial charge in [-0.05, 0) is 0 Å². The number of methoxy groups -OCH3 is 1. The van der Waals surface area contributed by atoms with E-state index < -0.39 is 13.9 Å². The van der Waals surface area contributed by atoms with Gasteiger partial charge in [-0.15, -0.1) is 0 Å². The van der Waals surface area contributed by atoms with Gasteiger partial charge in [0.25, 0.3) is 0 Å². The van der Waals surface area contributed by atoms with Crippen LogP contribution in [0.1, 0.15) is 16.8 Å². The van der Waals surface area contributed by atoms with Crippen molar-refractivity contribution in [3.63, 3.8) is 0 Å². The molecule has 1 fully saturated rings. The summed E-state index contributed by atoms with van der Waals surface area (Å²) in [6, 6.07) is 21.2. The first-order chi connectivity index (χ1) is 9.81. The zero-order valence-corrected chi connectivity index (χ0v) is 13.1. The van der Waals surface area contributed by atoms with Crippen LogP contribution in [0, 0.1) is 0 Å².